The van der Waals surface area contributed by atoms with Crippen molar-refractivity contribution in [1.82, 2.24) is 20.2 Å². The molecule has 36 heavy (non-hydrogen) atoms. The molecule has 2 heterocycles. The van der Waals surface area contributed by atoms with Crippen molar-refractivity contribution in [2.75, 3.05) is 17.7 Å². The molecule has 3 aromatic carbocycles. The number of nitrogens with one attached hydrogen (secondary N) is 2. The average Bonchev–Trinajstić information content (AvgIpc) is 3.35. The van der Waals surface area contributed by atoms with Crippen LogP contribution in [0, 0.1) is 6.92 Å². The Bertz CT molecular complexity index is 1430. The molecule has 1 amide bonds. The van der Waals surface area contributed by atoms with Crippen molar-refractivity contribution in [2.24, 2.45) is 0 Å². The summed E-state index contributed by atoms with van der Waals surface area (Å²) in [6, 6.07) is 22.6. The van der Waals surface area contributed by atoms with Gasteiger partial charge in [0.05, 0.1) is 18.4 Å². The van der Waals surface area contributed by atoms with E-state index in [1.54, 1.807) is 23.9 Å². The van der Waals surface area contributed by atoms with Crippen molar-refractivity contribution in [2.45, 2.75) is 26.5 Å². The third-order valence-electron chi connectivity index (χ3n) is 6.00. The Morgan fingerprint density at radius 3 is 2.64 bits per heavy atom. The summed E-state index contributed by atoms with van der Waals surface area (Å²) in [4.78, 5) is 13.5. The quantitative estimate of drug-likeness (QED) is 0.400. The summed E-state index contributed by atoms with van der Waals surface area (Å²) in [5, 5.41) is 18.1. The molecule has 4 aromatic rings. The number of hydrogen-bond acceptors (Lipinski definition) is 7. The maximum absolute atomic E-state index is 13.5. The predicted octanol–water partition coefficient (Wildman–Crippen LogP) is 4.50. The van der Waals surface area contributed by atoms with Crippen molar-refractivity contribution in [1.29, 1.82) is 0 Å². The third-order valence-corrected chi connectivity index (χ3v) is 6.00. The number of para-hydroxylation sites is 2. The van der Waals surface area contributed by atoms with E-state index in [1.807, 2.05) is 55.5 Å². The number of allylic oxidation sites excluding steroid dienone is 1. The number of amides is 1. The van der Waals surface area contributed by atoms with E-state index >= 15 is 0 Å². The average molecular weight is 483 g/mol. The molecule has 0 spiro atoms. The van der Waals surface area contributed by atoms with Crippen molar-refractivity contribution in [3.8, 4) is 11.5 Å². The Morgan fingerprint density at radius 1 is 1.06 bits per heavy atom. The highest BCUT2D eigenvalue weighted by atomic mass is 16.5. The number of benzene rings is 3. The van der Waals surface area contributed by atoms with Crippen molar-refractivity contribution in [3.05, 3.63) is 101 Å². The number of carbonyl (C=O) groups excluding carboxylic acids is 1. The van der Waals surface area contributed by atoms with Gasteiger partial charge in [-0.2, -0.15) is 4.68 Å². The van der Waals surface area contributed by atoms with Gasteiger partial charge in [0.15, 0.2) is 0 Å². The minimum Gasteiger partial charge on any atom is -0.495 e. The molecule has 0 fully saturated rings. The highest BCUT2D eigenvalue weighted by Gasteiger charge is 2.34. The molecule has 9 nitrogen and oxygen atoms in total. The van der Waals surface area contributed by atoms with Gasteiger partial charge in [-0.25, -0.2) is 0 Å². The summed E-state index contributed by atoms with van der Waals surface area (Å²) in [5.74, 6) is 1.48. The van der Waals surface area contributed by atoms with Gasteiger partial charge in [0.2, 0.25) is 5.95 Å². The second kappa shape index (κ2) is 9.91. The number of rotatable bonds is 7. The fourth-order valence-electron chi connectivity index (χ4n) is 4.27. The van der Waals surface area contributed by atoms with Crippen molar-refractivity contribution >= 4 is 17.5 Å². The van der Waals surface area contributed by atoms with E-state index in [4.69, 9.17) is 9.47 Å². The molecule has 1 unspecified atom stereocenters. The standard InChI is InChI=1S/C27H26N6O3/c1-17-7-6-8-19(15-17)16-36-21-13-11-20(12-14-21)25-24(18(2)28-27-30-31-32-33(25)27)26(34)29-22-9-4-5-10-23(22)35-3/h4-15,25H,16H2,1-3H3,(H,29,34)(H,28,30,32). The van der Waals surface area contributed by atoms with Crippen LogP contribution < -0.4 is 20.1 Å². The van der Waals surface area contributed by atoms with Crippen LogP contribution >= 0.6 is 0 Å². The van der Waals surface area contributed by atoms with Crippen LogP contribution in [0.15, 0.2) is 84.1 Å². The minimum absolute atomic E-state index is 0.282. The molecule has 1 aliphatic rings. The number of anilines is 2. The van der Waals surface area contributed by atoms with Gasteiger partial charge in [-0.05, 0) is 59.7 Å². The molecule has 9 heteroatoms. The lowest BCUT2D eigenvalue weighted by molar-refractivity contribution is -0.113. The molecular formula is C27H26N6O3. The van der Waals surface area contributed by atoms with E-state index in [-0.39, 0.29) is 5.91 Å². The van der Waals surface area contributed by atoms with Gasteiger partial charge in [0, 0.05) is 5.70 Å². The van der Waals surface area contributed by atoms with E-state index < -0.39 is 6.04 Å². The largest absolute Gasteiger partial charge is 0.495 e. The van der Waals surface area contributed by atoms with Crippen LogP contribution in [0.1, 0.15) is 29.7 Å². The molecule has 5 rings (SSSR count). The first kappa shape index (κ1) is 23.1. The van der Waals surface area contributed by atoms with Crippen molar-refractivity contribution < 1.29 is 14.3 Å². The summed E-state index contributed by atoms with van der Waals surface area (Å²) in [6.45, 7) is 4.36. The number of carbonyl (C=O) groups is 1. The lowest BCUT2D eigenvalue weighted by Crippen LogP contribution is -2.31. The van der Waals surface area contributed by atoms with Crippen LogP contribution in [-0.2, 0) is 11.4 Å². The predicted molar refractivity (Wildman–Crippen MR) is 136 cm³/mol. The van der Waals surface area contributed by atoms with E-state index in [2.05, 4.69) is 45.2 Å². The maximum Gasteiger partial charge on any atom is 0.255 e. The summed E-state index contributed by atoms with van der Waals surface area (Å²) in [6.07, 6.45) is 0. The van der Waals surface area contributed by atoms with E-state index in [1.165, 1.54) is 5.56 Å². The Labute approximate surface area is 208 Å². The monoisotopic (exact) mass is 482 g/mol. The fraction of sp³-hybridized carbons (Fsp3) is 0.185. The van der Waals surface area contributed by atoms with Crippen LogP contribution in [0.25, 0.3) is 0 Å². The van der Waals surface area contributed by atoms with E-state index in [0.717, 1.165) is 16.9 Å². The summed E-state index contributed by atoms with van der Waals surface area (Å²) in [5.41, 5.74) is 4.87. The second-order valence-electron chi connectivity index (χ2n) is 8.51. The van der Waals surface area contributed by atoms with Crippen LogP contribution in [0.2, 0.25) is 0 Å². The molecule has 0 radical (unpaired) electrons. The summed E-state index contributed by atoms with van der Waals surface area (Å²) in [7, 11) is 1.57. The zero-order chi connectivity index (χ0) is 25.1. The van der Waals surface area contributed by atoms with Crippen LogP contribution in [0.4, 0.5) is 11.6 Å². The number of aromatic nitrogens is 4. The number of ether oxygens (including phenoxy) is 2. The van der Waals surface area contributed by atoms with E-state index in [9.17, 15) is 4.79 Å². The Balaban J connectivity index is 1.42. The van der Waals surface area contributed by atoms with Crippen LogP contribution in [-0.4, -0.2) is 33.2 Å². The van der Waals surface area contributed by atoms with Gasteiger partial charge < -0.3 is 20.1 Å². The highest BCUT2D eigenvalue weighted by molar-refractivity contribution is 6.06. The molecule has 1 atom stereocenters. The zero-order valence-corrected chi connectivity index (χ0v) is 20.2. The van der Waals surface area contributed by atoms with E-state index in [0.29, 0.717) is 35.3 Å². The SMILES string of the molecule is COc1ccccc1NC(=O)C1=C(C)Nc2nnnn2C1c1ccc(OCc2cccc(C)c2)cc1. The van der Waals surface area contributed by atoms with Crippen molar-refractivity contribution in [3.63, 3.8) is 0 Å². The number of methoxy groups -OCH3 is 1. The van der Waals surface area contributed by atoms with Gasteiger partial charge >= 0.3 is 0 Å². The fourth-order valence-corrected chi connectivity index (χ4v) is 4.27. The number of fused-ring (bicyclic) bond motifs is 1. The molecule has 0 saturated carbocycles. The maximum atomic E-state index is 13.5. The van der Waals surface area contributed by atoms with Gasteiger partial charge in [-0.3, -0.25) is 4.79 Å². The van der Waals surface area contributed by atoms with Gasteiger partial charge in [-0.15, -0.1) is 0 Å². The Morgan fingerprint density at radius 2 is 1.86 bits per heavy atom. The second-order valence-corrected chi connectivity index (χ2v) is 8.51. The number of nitrogens with zero attached hydrogens (tertiary/aromatic N) is 4. The Hall–Kier alpha value is -4.66. The molecular weight excluding hydrogens is 456 g/mol. The Kier molecular flexibility index (Phi) is 6.36. The number of tetrazole rings is 1. The lowest BCUT2D eigenvalue weighted by Gasteiger charge is -2.28. The molecule has 1 aromatic heterocycles. The van der Waals surface area contributed by atoms with Gasteiger partial charge in [0.25, 0.3) is 5.91 Å². The zero-order valence-electron chi connectivity index (χ0n) is 20.2. The summed E-state index contributed by atoms with van der Waals surface area (Å²) < 4.78 is 13.0. The normalized spacial score (nSPS) is 14.6. The molecule has 0 bridgehead atoms. The molecule has 182 valence electrons. The van der Waals surface area contributed by atoms with Crippen LogP contribution in [0.5, 0.6) is 11.5 Å². The topological polar surface area (TPSA) is 103 Å². The smallest absolute Gasteiger partial charge is 0.255 e. The number of hydrogen-bond donors (Lipinski definition) is 2. The molecule has 1 aliphatic heterocycles. The van der Waals surface area contributed by atoms with Gasteiger partial charge in [-0.1, -0.05) is 59.2 Å². The number of aryl methyl sites for hydroxylation is 1. The molecule has 2 N–H and O–H groups in total. The van der Waals surface area contributed by atoms with Crippen LogP contribution in [0.3, 0.4) is 0 Å². The highest BCUT2D eigenvalue weighted by Crippen LogP contribution is 2.36. The third kappa shape index (κ3) is 4.63. The first-order valence-electron chi connectivity index (χ1n) is 11.5. The lowest BCUT2D eigenvalue weighted by atomic mass is 9.95. The first-order valence-corrected chi connectivity index (χ1v) is 11.5. The molecule has 0 aliphatic carbocycles. The minimum atomic E-state index is -0.531. The van der Waals surface area contributed by atoms with Gasteiger partial charge in [0.1, 0.15) is 24.1 Å². The first-order chi connectivity index (χ1) is 17.5. The summed E-state index contributed by atoms with van der Waals surface area (Å²) >= 11 is 0. The molecule has 0 saturated heterocycles.